The van der Waals surface area contributed by atoms with E-state index in [9.17, 15) is 0 Å². The highest BCUT2D eigenvalue weighted by atomic mass is 16.5. The quantitative estimate of drug-likeness (QED) is 0.851. The van der Waals surface area contributed by atoms with E-state index in [2.05, 4.69) is 47.8 Å². The molecule has 0 saturated carbocycles. The first-order valence-corrected chi connectivity index (χ1v) is 6.13. The number of hydrogen-bond acceptors (Lipinski definition) is 2. The second kappa shape index (κ2) is 4.47. The summed E-state index contributed by atoms with van der Waals surface area (Å²) in [4.78, 5) is 0. The lowest BCUT2D eigenvalue weighted by Crippen LogP contribution is -2.22. The van der Waals surface area contributed by atoms with Gasteiger partial charge in [-0.15, -0.1) is 0 Å². The number of methoxy groups -OCH3 is 1. The van der Waals surface area contributed by atoms with Crippen molar-refractivity contribution in [2.24, 2.45) is 0 Å². The molecule has 1 aliphatic heterocycles. The van der Waals surface area contributed by atoms with Gasteiger partial charge in [-0.2, -0.15) is 0 Å². The van der Waals surface area contributed by atoms with Crippen molar-refractivity contribution in [1.82, 2.24) is 5.32 Å². The van der Waals surface area contributed by atoms with Crippen molar-refractivity contribution in [3.05, 3.63) is 48.0 Å². The van der Waals surface area contributed by atoms with Gasteiger partial charge in [0.15, 0.2) is 0 Å². The molecular formula is C15H17NO. The van der Waals surface area contributed by atoms with Gasteiger partial charge in [0.05, 0.1) is 12.1 Å². The third-order valence-electron chi connectivity index (χ3n) is 3.60. The SMILES string of the molecule is CO[C@H]1CCN[C@H]1c1ccc2ccccc2c1. The first-order chi connectivity index (χ1) is 8.38. The molecule has 0 aromatic heterocycles. The Bertz CT molecular complexity index is 523. The third-order valence-corrected chi connectivity index (χ3v) is 3.60. The van der Waals surface area contributed by atoms with Crippen LogP contribution in [0.15, 0.2) is 42.5 Å². The molecule has 1 fully saturated rings. The van der Waals surface area contributed by atoms with Crippen molar-refractivity contribution in [3.63, 3.8) is 0 Å². The topological polar surface area (TPSA) is 21.3 Å². The van der Waals surface area contributed by atoms with Gasteiger partial charge in [-0.3, -0.25) is 0 Å². The van der Waals surface area contributed by atoms with Crippen molar-refractivity contribution >= 4 is 10.8 Å². The first-order valence-electron chi connectivity index (χ1n) is 6.13. The van der Waals surface area contributed by atoms with Gasteiger partial charge >= 0.3 is 0 Å². The minimum Gasteiger partial charge on any atom is -0.379 e. The first kappa shape index (κ1) is 10.8. The number of fused-ring (bicyclic) bond motifs is 1. The van der Waals surface area contributed by atoms with Crippen molar-refractivity contribution in [2.75, 3.05) is 13.7 Å². The van der Waals surface area contributed by atoms with E-state index in [-0.39, 0.29) is 0 Å². The lowest BCUT2D eigenvalue weighted by atomic mass is 9.99. The van der Waals surface area contributed by atoms with E-state index in [1.165, 1.54) is 16.3 Å². The molecule has 3 rings (SSSR count). The molecule has 88 valence electrons. The predicted molar refractivity (Wildman–Crippen MR) is 70.1 cm³/mol. The third kappa shape index (κ3) is 1.94. The van der Waals surface area contributed by atoms with Gasteiger partial charge in [0.2, 0.25) is 0 Å². The lowest BCUT2D eigenvalue weighted by Gasteiger charge is -2.19. The Morgan fingerprint density at radius 2 is 1.94 bits per heavy atom. The Labute approximate surface area is 102 Å². The molecule has 0 aliphatic carbocycles. The Morgan fingerprint density at radius 3 is 2.76 bits per heavy atom. The fourth-order valence-corrected chi connectivity index (χ4v) is 2.67. The molecule has 0 bridgehead atoms. The summed E-state index contributed by atoms with van der Waals surface area (Å²) < 4.78 is 5.53. The zero-order chi connectivity index (χ0) is 11.7. The zero-order valence-corrected chi connectivity index (χ0v) is 10.0. The van der Waals surface area contributed by atoms with E-state index in [1.807, 2.05) is 0 Å². The van der Waals surface area contributed by atoms with E-state index in [1.54, 1.807) is 7.11 Å². The van der Waals surface area contributed by atoms with Crippen LogP contribution in [-0.2, 0) is 4.74 Å². The molecule has 0 amide bonds. The van der Waals surface area contributed by atoms with E-state index in [0.717, 1.165) is 13.0 Å². The van der Waals surface area contributed by atoms with Crippen molar-refractivity contribution in [1.29, 1.82) is 0 Å². The highest BCUT2D eigenvalue weighted by molar-refractivity contribution is 5.83. The number of ether oxygens (including phenoxy) is 1. The summed E-state index contributed by atoms with van der Waals surface area (Å²) in [5, 5.41) is 6.11. The van der Waals surface area contributed by atoms with Crippen LogP contribution in [0.5, 0.6) is 0 Å². The van der Waals surface area contributed by atoms with E-state index < -0.39 is 0 Å². The van der Waals surface area contributed by atoms with Crippen LogP contribution in [0.25, 0.3) is 10.8 Å². The largest absolute Gasteiger partial charge is 0.379 e. The second-order valence-electron chi connectivity index (χ2n) is 4.60. The number of hydrogen-bond donors (Lipinski definition) is 1. The van der Waals surface area contributed by atoms with E-state index >= 15 is 0 Å². The van der Waals surface area contributed by atoms with E-state index in [4.69, 9.17) is 4.74 Å². The van der Waals surface area contributed by atoms with Gasteiger partial charge in [-0.25, -0.2) is 0 Å². The van der Waals surface area contributed by atoms with Crippen LogP contribution in [0.1, 0.15) is 18.0 Å². The van der Waals surface area contributed by atoms with Crippen molar-refractivity contribution < 1.29 is 4.74 Å². The van der Waals surface area contributed by atoms with Gasteiger partial charge in [0, 0.05) is 7.11 Å². The van der Waals surface area contributed by atoms with Gasteiger partial charge in [0.1, 0.15) is 0 Å². The minimum absolute atomic E-state index is 0.302. The smallest absolute Gasteiger partial charge is 0.0778 e. The van der Waals surface area contributed by atoms with Crippen LogP contribution in [0.2, 0.25) is 0 Å². The lowest BCUT2D eigenvalue weighted by molar-refractivity contribution is 0.0920. The molecule has 2 aromatic rings. The van der Waals surface area contributed by atoms with Gasteiger partial charge in [-0.1, -0.05) is 36.4 Å². The summed E-state index contributed by atoms with van der Waals surface area (Å²) in [6, 6.07) is 15.5. The summed E-state index contributed by atoms with van der Waals surface area (Å²) in [6.07, 6.45) is 1.39. The number of benzene rings is 2. The van der Waals surface area contributed by atoms with Gasteiger partial charge in [-0.05, 0) is 35.4 Å². The van der Waals surface area contributed by atoms with Crippen LogP contribution in [-0.4, -0.2) is 19.8 Å². The Hall–Kier alpha value is -1.38. The molecule has 0 radical (unpaired) electrons. The van der Waals surface area contributed by atoms with Crippen LogP contribution in [0.4, 0.5) is 0 Å². The van der Waals surface area contributed by atoms with E-state index in [0.29, 0.717) is 12.1 Å². The molecule has 1 saturated heterocycles. The normalized spacial score (nSPS) is 24.3. The average molecular weight is 227 g/mol. The van der Waals surface area contributed by atoms with Crippen LogP contribution in [0, 0.1) is 0 Å². The fraction of sp³-hybridized carbons (Fsp3) is 0.333. The molecule has 0 unspecified atom stereocenters. The van der Waals surface area contributed by atoms with Crippen LogP contribution >= 0.6 is 0 Å². The second-order valence-corrected chi connectivity index (χ2v) is 4.60. The number of nitrogens with one attached hydrogen (secondary N) is 1. The molecule has 1 heterocycles. The molecule has 1 aliphatic rings. The summed E-state index contributed by atoms with van der Waals surface area (Å²) in [5.74, 6) is 0. The van der Waals surface area contributed by atoms with Gasteiger partial charge < -0.3 is 10.1 Å². The maximum atomic E-state index is 5.53. The molecule has 2 heteroatoms. The molecule has 2 nitrogen and oxygen atoms in total. The monoisotopic (exact) mass is 227 g/mol. The standard InChI is InChI=1S/C15H17NO/c1-17-14-8-9-16-15(14)13-7-6-11-4-2-3-5-12(11)10-13/h2-7,10,14-16H,8-9H2,1H3/t14-,15-/m0/s1. The summed E-state index contributed by atoms with van der Waals surface area (Å²) in [6.45, 7) is 1.04. The summed E-state index contributed by atoms with van der Waals surface area (Å²) >= 11 is 0. The molecule has 2 aromatic carbocycles. The fourth-order valence-electron chi connectivity index (χ4n) is 2.67. The molecule has 17 heavy (non-hydrogen) atoms. The molecule has 0 spiro atoms. The number of rotatable bonds is 2. The Balaban J connectivity index is 2.00. The Kier molecular flexibility index (Phi) is 2.83. The van der Waals surface area contributed by atoms with Gasteiger partial charge in [0.25, 0.3) is 0 Å². The highest BCUT2D eigenvalue weighted by Gasteiger charge is 2.27. The van der Waals surface area contributed by atoms with Crippen molar-refractivity contribution in [3.8, 4) is 0 Å². The van der Waals surface area contributed by atoms with Crippen LogP contribution in [0.3, 0.4) is 0 Å². The predicted octanol–water partition coefficient (Wildman–Crippen LogP) is 2.89. The summed E-state index contributed by atoms with van der Waals surface area (Å²) in [5.41, 5.74) is 1.33. The maximum Gasteiger partial charge on any atom is 0.0778 e. The van der Waals surface area contributed by atoms with Crippen molar-refractivity contribution in [2.45, 2.75) is 18.6 Å². The minimum atomic E-state index is 0.302. The molecule has 2 atom stereocenters. The average Bonchev–Trinajstić information content (AvgIpc) is 2.86. The molecule has 1 N–H and O–H groups in total. The summed E-state index contributed by atoms with van der Waals surface area (Å²) in [7, 11) is 1.80. The molecular weight excluding hydrogens is 210 g/mol. The van der Waals surface area contributed by atoms with Crippen LogP contribution < -0.4 is 5.32 Å². The Morgan fingerprint density at radius 1 is 1.12 bits per heavy atom. The zero-order valence-electron chi connectivity index (χ0n) is 10.0. The maximum absolute atomic E-state index is 5.53. The highest BCUT2D eigenvalue weighted by Crippen LogP contribution is 2.28.